The normalized spacial score (nSPS) is 15.2. The Hall–Kier alpha value is -2.37. The van der Waals surface area contributed by atoms with Gasteiger partial charge in [0.25, 0.3) is 0 Å². The summed E-state index contributed by atoms with van der Waals surface area (Å²) in [6, 6.07) is 25.6. The van der Waals surface area contributed by atoms with Gasteiger partial charge in [0.2, 0.25) is 0 Å². The van der Waals surface area contributed by atoms with E-state index in [1.807, 2.05) is 83.8 Å². The van der Waals surface area contributed by atoms with Gasteiger partial charge in [0.1, 0.15) is 17.1 Å². The second kappa shape index (κ2) is 18.6. The Morgan fingerprint density at radius 2 is 1.27 bits per heavy atom. The third-order valence-electron chi connectivity index (χ3n) is 9.62. The molecule has 1 atom stereocenters. The van der Waals surface area contributed by atoms with Crippen molar-refractivity contribution in [1.29, 1.82) is 0 Å². The minimum Gasteiger partial charge on any atom is -0.545 e. The number of methoxy groups -OCH3 is 2. The van der Waals surface area contributed by atoms with Crippen LogP contribution in [-0.2, 0) is 24.3 Å². The molecule has 4 rings (SSSR count). The Balaban J connectivity index is 0.00000702. The molecule has 1 saturated heterocycles. The van der Waals surface area contributed by atoms with E-state index < -0.39 is 32.1 Å². The predicted molar refractivity (Wildman–Crippen MR) is 190 cm³/mol. The smallest absolute Gasteiger partial charge is 0.471 e. The van der Waals surface area contributed by atoms with Crippen LogP contribution in [-0.4, -0.2) is 96.5 Å². The quantitative estimate of drug-likeness (QED) is 0.0902. The van der Waals surface area contributed by atoms with Crippen molar-refractivity contribution in [3.8, 4) is 11.5 Å². The minimum absolute atomic E-state index is 0. The van der Waals surface area contributed by atoms with Gasteiger partial charge < -0.3 is 33.2 Å². The van der Waals surface area contributed by atoms with Gasteiger partial charge in [0, 0.05) is 57.3 Å². The predicted octanol–water partition coefficient (Wildman–Crippen LogP) is 7.29. The zero-order chi connectivity index (χ0) is 36.6. The van der Waals surface area contributed by atoms with Crippen LogP contribution in [0.3, 0.4) is 0 Å². The molecule has 0 bridgehead atoms. The molecule has 278 valence electrons. The summed E-state index contributed by atoms with van der Waals surface area (Å²) in [5.41, 5.74) is 1.62. The third-order valence-corrected chi connectivity index (χ3v) is 14.1. The molecule has 0 spiro atoms. The molecule has 1 aliphatic rings. The minimum atomic E-state index is -4.87. The maximum Gasteiger partial charge on any atom is 0.471 e. The van der Waals surface area contributed by atoms with Gasteiger partial charge >= 0.3 is 12.1 Å². The van der Waals surface area contributed by atoms with E-state index in [9.17, 15) is 18.0 Å². The van der Waals surface area contributed by atoms with Crippen molar-refractivity contribution in [2.45, 2.75) is 56.8 Å². The number of halogens is 3. The van der Waals surface area contributed by atoms with Crippen LogP contribution in [0.2, 0.25) is 18.1 Å². The number of amides is 1. The Bertz CT molecular complexity index is 1450. The van der Waals surface area contributed by atoms with E-state index in [0.717, 1.165) is 21.6 Å². The second-order valence-electron chi connectivity index (χ2n) is 13.9. The van der Waals surface area contributed by atoms with Crippen molar-refractivity contribution in [2.75, 3.05) is 60.2 Å². The van der Waals surface area contributed by atoms with Gasteiger partial charge in [0.15, 0.2) is 8.32 Å². The summed E-state index contributed by atoms with van der Waals surface area (Å²) in [5, 5.41) is -0.0321. The van der Waals surface area contributed by atoms with Gasteiger partial charge in [-0.2, -0.15) is 19.8 Å². The van der Waals surface area contributed by atoms with E-state index in [1.54, 1.807) is 20.8 Å². The average molecular weight is 954 g/mol. The van der Waals surface area contributed by atoms with Gasteiger partial charge in [-0.1, -0.05) is 75.4 Å². The average Bonchev–Trinajstić information content (AvgIpc) is 3.10. The zero-order valence-corrected chi connectivity index (χ0v) is 35.8. The van der Waals surface area contributed by atoms with Crippen LogP contribution < -0.4 is 9.47 Å². The second-order valence-corrected chi connectivity index (χ2v) is 18.7. The van der Waals surface area contributed by atoms with Crippen LogP contribution in [0.1, 0.15) is 37.5 Å². The molecule has 1 fully saturated rings. The van der Waals surface area contributed by atoms with Crippen LogP contribution in [0.4, 0.5) is 13.2 Å². The maximum absolute atomic E-state index is 12.9. The fourth-order valence-electron chi connectivity index (χ4n) is 5.53. The number of hydrogen-bond donors (Lipinski definition) is 0. The van der Waals surface area contributed by atoms with Crippen LogP contribution in [0, 0.1) is 37.7 Å². The molecule has 0 unspecified atom stereocenters. The summed E-state index contributed by atoms with van der Waals surface area (Å²) in [7, 11) is 1.08. The fourth-order valence-corrected chi connectivity index (χ4v) is 6.57. The third kappa shape index (κ3) is 11.1. The Morgan fingerprint density at radius 1 is 0.784 bits per heavy atom. The van der Waals surface area contributed by atoms with E-state index in [1.165, 1.54) is 0 Å². The Kier molecular flexibility index (Phi) is 15.7. The first-order valence-corrected chi connectivity index (χ1v) is 19.7. The molecule has 3 aromatic carbocycles. The monoisotopic (exact) mass is 953 g/mol. The summed E-state index contributed by atoms with van der Waals surface area (Å²) >= 11 is 0. The van der Waals surface area contributed by atoms with E-state index >= 15 is 0 Å². The fraction of sp³-hybridized carbons (Fsp3) is 0.474. The number of benzene rings is 3. The largest absolute Gasteiger partial charge is 0.545 e. The molecule has 0 saturated carbocycles. The zero-order valence-electron chi connectivity index (χ0n) is 30.6. The Labute approximate surface area is 325 Å². The Morgan fingerprint density at radius 3 is 1.73 bits per heavy atom. The standard InChI is InChI=1S/C38H50F3N2O6Si.U/c1-36(2,3)50(6,7)49-28-34(47-26-25-42-21-23-43(24-22-42)35(44)38(39,40)41)27-48-37(29-11-9-8-10-12-29,30-13-17-32(45-4)18-14-30)31-15-19-33(46-5)20-16-31;/h8-20,26,34H,21-25,27-28H2,1-7H3;/q-1;/t34-;/m0./s1. The van der Waals surface area contributed by atoms with E-state index in [2.05, 4.69) is 33.9 Å². The number of carbonyl (C=O) groups excluding carboxylic acids is 1. The van der Waals surface area contributed by atoms with Crippen molar-refractivity contribution < 1.29 is 72.5 Å². The number of carbonyl (C=O) groups is 1. The number of rotatable bonds is 15. The van der Waals surface area contributed by atoms with Gasteiger partial charge in [-0.15, -0.1) is 6.54 Å². The topological polar surface area (TPSA) is 69.7 Å². The number of ether oxygens (including phenoxy) is 4. The van der Waals surface area contributed by atoms with Crippen molar-refractivity contribution in [3.63, 3.8) is 0 Å². The van der Waals surface area contributed by atoms with Gasteiger partial charge in [0.05, 0.1) is 33.5 Å². The van der Waals surface area contributed by atoms with Crippen molar-refractivity contribution >= 4 is 14.2 Å². The molecular formula is C38H50F3N2O6SiU-. The van der Waals surface area contributed by atoms with Crippen molar-refractivity contribution in [3.05, 3.63) is 102 Å². The molecule has 8 nitrogen and oxygen atoms in total. The molecule has 0 N–H and O–H groups in total. The van der Waals surface area contributed by atoms with E-state index in [0.29, 0.717) is 31.1 Å². The number of piperazine rings is 1. The molecule has 1 aliphatic heterocycles. The van der Waals surface area contributed by atoms with Crippen LogP contribution >= 0.6 is 0 Å². The maximum atomic E-state index is 12.9. The first-order chi connectivity index (χ1) is 23.6. The number of alkyl halides is 3. The summed E-state index contributed by atoms with van der Waals surface area (Å²) in [6.07, 6.45) is -5.39. The summed E-state index contributed by atoms with van der Waals surface area (Å²) in [6.45, 7) is 13.9. The summed E-state index contributed by atoms with van der Waals surface area (Å²) < 4.78 is 69.9. The molecule has 51 heavy (non-hydrogen) atoms. The van der Waals surface area contributed by atoms with Gasteiger partial charge in [-0.25, -0.2) is 0 Å². The molecule has 3 aromatic rings. The van der Waals surface area contributed by atoms with Crippen LogP contribution in [0.5, 0.6) is 11.5 Å². The molecule has 1 heterocycles. The SMILES string of the molecule is COc1ccc(C(OC[C@@H](CO[Si](C)(C)C(C)(C)C)O[CH-]CN2CCN(C(=O)C(F)(F)F)CC2)(c2ccccc2)c2ccc(OC)cc2)cc1.[U]. The van der Waals surface area contributed by atoms with Crippen molar-refractivity contribution in [1.82, 2.24) is 9.80 Å². The molecule has 0 radical (unpaired) electrons. The number of hydrogen-bond acceptors (Lipinski definition) is 7. The first-order valence-electron chi connectivity index (χ1n) is 16.8. The van der Waals surface area contributed by atoms with Crippen LogP contribution in [0.25, 0.3) is 0 Å². The van der Waals surface area contributed by atoms with E-state index in [4.69, 9.17) is 23.4 Å². The molecular weight excluding hydrogens is 904 g/mol. The van der Waals surface area contributed by atoms with Crippen molar-refractivity contribution in [2.24, 2.45) is 0 Å². The molecule has 13 heteroatoms. The number of nitrogens with zero attached hydrogens (tertiary/aromatic N) is 2. The first kappa shape index (κ1) is 43.0. The van der Waals surface area contributed by atoms with Gasteiger partial charge in [-0.3, -0.25) is 4.79 Å². The molecule has 1 amide bonds. The summed E-state index contributed by atoms with van der Waals surface area (Å²) in [4.78, 5) is 14.5. The van der Waals surface area contributed by atoms with E-state index in [-0.39, 0.29) is 62.5 Å². The molecule has 0 aromatic heterocycles. The van der Waals surface area contributed by atoms with Gasteiger partial charge in [-0.05, 0) is 59.1 Å². The van der Waals surface area contributed by atoms with Crippen LogP contribution in [0.15, 0.2) is 78.9 Å². The molecule has 0 aliphatic carbocycles. The summed E-state index contributed by atoms with van der Waals surface area (Å²) in [5.74, 6) is -0.367.